The Morgan fingerprint density at radius 2 is 1.42 bits per heavy atom. The summed E-state index contributed by atoms with van der Waals surface area (Å²) in [6.07, 6.45) is 1.61. The van der Waals surface area contributed by atoms with Crippen molar-refractivity contribution in [1.82, 2.24) is 10.2 Å². The van der Waals surface area contributed by atoms with Crippen molar-refractivity contribution in [2.45, 2.75) is 50.2 Å². The van der Waals surface area contributed by atoms with Gasteiger partial charge in [0.2, 0.25) is 20.0 Å². The van der Waals surface area contributed by atoms with E-state index in [-0.39, 0.29) is 19.3 Å². The first-order chi connectivity index (χ1) is 14.1. The molecule has 3 rings (SSSR count). The zero-order valence-corrected chi connectivity index (χ0v) is 18.4. The minimum atomic E-state index is -3.51. The molecule has 5 N–H and O–H groups in total. The van der Waals surface area contributed by atoms with Crippen LogP contribution < -0.4 is 15.6 Å². The number of benzene rings is 1. The van der Waals surface area contributed by atoms with E-state index in [1.807, 2.05) is 30.3 Å². The van der Waals surface area contributed by atoms with Crippen LogP contribution in [-0.2, 0) is 31.4 Å². The van der Waals surface area contributed by atoms with Crippen LogP contribution in [0.4, 0.5) is 4.79 Å². The number of nitrogens with one attached hydrogen (secondary N) is 1. The molecule has 0 spiro atoms. The number of rotatable bonds is 4. The highest BCUT2D eigenvalue weighted by Crippen LogP contribution is 2.17. The van der Waals surface area contributed by atoms with E-state index in [2.05, 4.69) is 5.32 Å². The summed E-state index contributed by atoms with van der Waals surface area (Å²) in [5, 5.41) is 12.3. The van der Waals surface area contributed by atoms with E-state index in [1.54, 1.807) is 0 Å². The number of nitrogens with two attached hydrogens (primary N) is 2. The molecule has 1 amide bonds. The maximum atomic E-state index is 11.9. The van der Waals surface area contributed by atoms with Crippen molar-refractivity contribution >= 4 is 26.1 Å². The van der Waals surface area contributed by atoms with E-state index in [0.29, 0.717) is 38.8 Å². The Hall–Kier alpha value is -1.73. The summed E-state index contributed by atoms with van der Waals surface area (Å²) in [4.78, 5) is 13.4. The average Bonchev–Trinajstić information content (AvgIpc) is 2.73. The highest BCUT2D eigenvalue weighted by atomic mass is 32.2. The molecule has 0 aromatic heterocycles. The molecule has 2 aliphatic rings. The Balaban J connectivity index is 0.000000370. The third kappa shape index (κ3) is 9.52. The Morgan fingerprint density at radius 3 is 1.87 bits per heavy atom. The lowest BCUT2D eigenvalue weighted by Gasteiger charge is -2.30. The average molecular weight is 479 g/mol. The number of carbonyl (C=O) groups excluding carboxylic acids is 1. The molecule has 0 unspecified atom stereocenters. The van der Waals surface area contributed by atoms with Crippen molar-refractivity contribution in [3.05, 3.63) is 35.9 Å². The van der Waals surface area contributed by atoms with Gasteiger partial charge in [0.1, 0.15) is 6.61 Å². The van der Waals surface area contributed by atoms with E-state index >= 15 is 0 Å². The van der Waals surface area contributed by atoms with Gasteiger partial charge in [-0.2, -0.15) is 0 Å². The van der Waals surface area contributed by atoms with Crippen LogP contribution in [0, 0.1) is 0 Å². The Bertz CT molecular complexity index is 879. The van der Waals surface area contributed by atoms with Crippen molar-refractivity contribution < 1.29 is 26.4 Å². The van der Waals surface area contributed by atoms with E-state index < -0.39 is 31.4 Å². The van der Waals surface area contributed by atoms with Gasteiger partial charge in [0.25, 0.3) is 0 Å². The van der Waals surface area contributed by atoms with Crippen LogP contribution in [-0.4, -0.2) is 64.5 Å². The van der Waals surface area contributed by atoms with Crippen LogP contribution in [0.3, 0.4) is 0 Å². The summed E-state index contributed by atoms with van der Waals surface area (Å²) in [6.45, 7) is 2.46. The second kappa shape index (κ2) is 12.3. The number of likely N-dealkylation sites (tertiary alicyclic amines) is 1. The summed E-state index contributed by atoms with van der Waals surface area (Å²) in [7, 11) is -6.77. The molecule has 178 valence electrons. The summed E-state index contributed by atoms with van der Waals surface area (Å²) < 4.78 is 49.1. The van der Waals surface area contributed by atoms with Crippen molar-refractivity contribution in [1.29, 1.82) is 0 Å². The van der Waals surface area contributed by atoms with Crippen molar-refractivity contribution in [3.8, 4) is 0 Å². The van der Waals surface area contributed by atoms with Gasteiger partial charge < -0.3 is 15.0 Å². The molecule has 31 heavy (non-hydrogen) atoms. The van der Waals surface area contributed by atoms with Gasteiger partial charge in [-0.25, -0.2) is 31.9 Å². The van der Waals surface area contributed by atoms with Crippen LogP contribution in [0.2, 0.25) is 0 Å². The number of hydrogen-bond acceptors (Lipinski definition) is 7. The van der Waals surface area contributed by atoms with Crippen LogP contribution in [0.25, 0.3) is 0 Å². The predicted octanol–water partition coefficient (Wildman–Crippen LogP) is 0.739. The number of hydrogen-bond donors (Lipinski definition) is 3. The lowest BCUT2D eigenvalue weighted by Crippen LogP contribution is -2.44. The lowest BCUT2D eigenvalue weighted by molar-refractivity contribution is 0.0897. The molecule has 2 aliphatic heterocycles. The van der Waals surface area contributed by atoms with Crippen LogP contribution >= 0.6 is 0 Å². The third-order valence-corrected chi connectivity index (χ3v) is 7.92. The van der Waals surface area contributed by atoms with Crippen LogP contribution in [0.15, 0.2) is 30.3 Å². The summed E-state index contributed by atoms with van der Waals surface area (Å²) in [5.74, 6) is 0. The maximum Gasteiger partial charge on any atom is 0.410 e. The zero-order valence-electron chi connectivity index (χ0n) is 16.8. The van der Waals surface area contributed by atoms with Gasteiger partial charge in [0.05, 0.1) is 10.5 Å². The monoisotopic (exact) mass is 478 g/mol. The van der Waals surface area contributed by atoms with Gasteiger partial charge in [-0.1, -0.05) is 37.8 Å². The second-order valence-corrected chi connectivity index (χ2v) is 11.0. The standard InChI is InChI=1S/C13H18N2O4S.C5H12N2O2S.CH4/c14-20(17,18)12-6-8-15(9-7-12)13(16)19-10-11-4-2-1-3-5-11;6-10(8,9)5-1-3-7-4-2-5;/h1-5,12H,6-10H2,(H2,14,17,18);5,7H,1-4H2,(H2,6,8,9);1H4. The number of primary sulfonamides is 2. The first kappa shape index (κ1) is 27.3. The highest BCUT2D eigenvalue weighted by Gasteiger charge is 2.29. The summed E-state index contributed by atoms with van der Waals surface area (Å²) in [5.41, 5.74) is 0.917. The first-order valence-electron chi connectivity index (χ1n) is 9.77. The fourth-order valence-electron chi connectivity index (χ4n) is 3.30. The number of sulfonamides is 2. The molecule has 0 saturated carbocycles. The van der Waals surface area contributed by atoms with Crippen molar-refractivity contribution in [2.75, 3.05) is 26.2 Å². The molecule has 10 nitrogen and oxygen atoms in total. The Morgan fingerprint density at radius 1 is 0.935 bits per heavy atom. The number of carbonyl (C=O) groups is 1. The molecule has 0 bridgehead atoms. The topological polar surface area (TPSA) is 162 Å². The van der Waals surface area contributed by atoms with E-state index in [4.69, 9.17) is 15.0 Å². The lowest BCUT2D eigenvalue weighted by atomic mass is 10.1. The molecule has 2 heterocycles. The van der Waals surface area contributed by atoms with Gasteiger partial charge in [-0.3, -0.25) is 0 Å². The van der Waals surface area contributed by atoms with Gasteiger partial charge >= 0.3 is 6.09 Å². The molecular weight excluding hydrogens is 444 g/mol. The predicted molar refractivity (Wildman–Crippen MR) is 120 cm³/mol. The van der Waals surface area contributed by atoms with Gasteiger partial charge in [0.15, 0.2) is 0 Å². The normalized spacial score (nSPS) is 18.3. The molecule has 1 aromatic carbocycles. The van der Waals surface area contributed by atoms with E-state index in [9.17, 15) is 21.6 Å². The van der Waals surface area contributed by atoms with Crippen LogP contribution in [0.5, 0.6) is 0 Å². The second-order valence-electron chi connectivity index (χ2n) is 7.35. The zero-order chi connectivity index (χ0) is 22.2. The molecule has 0 aliphatic carbocycles. The summed E-state index contributed by atoms with van der Waals surface area (Å²) >= 11 is 0. The van der Waals surface area contributed by atoms with E-state index in [0.717, 1.165) is 18.7 Å². The maximum absolute atomic E-state index is 11.9. The third-order valence-electron chi connectivity index (χ3n) is 5.12. The molecular formula is C19H34N4O6S2. The summed E-state index contributed by atoms with van der Waals surface area (Å²) in [6, 6.07) is 9.39. The van der Waals surface area contributed by atoms with E-state index in [1.165, 1.54) is 4.90 Å². The molecule has 0 atom stereocenters. The molecule has 1 aromatic rings. The van der Waals surface area contributed by atoms with Crippen molar-refractivity contribution in [3.63, 3.8) is 0 Å². The minimum absolute atomic E-state index is 0. The quantitative estimate of drug-likeness (QED) is 0.575. The first-order valence-corrected chi connectivity index (χ1v) is 13.0. The van der Waals surface area contributed by atoms with Gasteiger partial charge in [-0.05, 0) is 44.3 Å². The Labute approximate surface area is 185 Å². The highest BCUT2D eigenvalue weighted by molar-refractivity contribution is 7.90. The molecule has 2 fully saturated rings. The number of ether oxygens (including phenoxy) is 1. The minimum Gasteiger partial charge on any atom is -0.445 e. The fraction of sp³-hybridized carbons (Fsp3) is 0.632. The number of amides is 1. The number of nitrogens with zero attached hydrogens (tertiary/aromatic N) is 1. The Kier molecular flexibility index (Phi) is 10.9. The molecule has 12 heteroatoms. The van der Waals surface area contributed by atoms with Gasteiger partial charge in [-0.15, -0.1) is 0 Å². The molecule has 0 radical (unpaired) electrons. The van der Waals surface area contributed by atoms with Gasteiger partial charge in [0, 0.05) is 13.1 Å². The SMILES string of the molecule is C.NS(=O)(=O)C1CCN(C(=O)OCc2ccccc2)CC1.NS(=O)(=O)C1CCNCC1. The van der Waals surface area contributed by atoms with Crippen molar-refractivity contribution in [2.24, 2.45) is 10.3 Å². The molecule has 2 saturated heterocycles. The number of piperidine rings is 2. The largest absolute Gasteiger partial charge is 0.445 e. The fourth-order valence-corrected chi connectivity index (χ4v) is 5.06. The van der Waals surface area contributed by atoms with Crippen LogP contribution in [0.1, 0.15) is 38.7 Å². The smallest absolute Gasteiger partial charge is 0.410 e.